The Morgan fingerprint density at radius 3 is 2.56 bits per heavy atom. The van der Waals surface area contributed by atoms with E-state index in [0.29, 0.717) is 22.4 Å². The Bertz CT molecular complexity index is 899. The van der Waals surface area contributed by atoms with Crippen LogP contribution in [0.3, 0.4) is 0 Å². The maximum atomic E-state index is 12.4. The third-order valence-electron chi connectivity index (χ3n) is 5.04. The van der Waals surface area contributed by atoms with E-state index in [2.05, 4.69) is 4.90 Å². The van der Waals surface area contributed by atoms with Crippen LogP contribution in [0.15, 0.2) is 42.5 Å². The van der Waals surface area contributed by atoms with Crippen LogP contribution < -0.4 is 9.64 Å². The van der Waals surface area contributed by atoms with Gasteiger partial charge in [0.05, 0.1) is 23.8 Å². The summed E-state index contributed by atoms with van der Waals surface area (Å²) in [5, 5.41) is 0. The lowest BCUT2D eigenvalue weighted by molar-refractivity contribution is -0.191. The molecule has 0 radical (unpaired) electrons. The van der Waals surface area contributed by atoms with Gasteiger partial charge in [0, 0.05) is 31.8 Å². The highest BCUT2D eigenvalue weighted by molar-refractivity contribution is 5.95. The molecule has 0 N–H and O–H groups in total. The van der Waals surface area contributed by atoms with Crippen LogP contribution in [0.25, 0.3) is 0 Å². The van der Waals surface area contributed by atoms with Gasteiger partial charge in [-0.05, 0) is 37.1 Å². The van der Waals surface area contributed by atoms with Crippen LogP contribution in [0.2, 0.25) is 0 Å². The fourth-order valence-electron chi connectivity index (χ4n) is 3.85. The van der Waals surface area contributed by atoms with Gasteiger partial charge in [0.1, 0.15) is 5.75 Å². The molecule has 1 saturated heterocycles. The summed E-state index contributed by atoms with van der Waals surface area (Å²) in [7, 11) is 1.55. The Morgan fingerprint density at radius 1 is 1.11 bits per heavy atom. The summed E-state index contributed by atoms with van der Waals surface area (Å²) in [4.78, 5) is 26.6. The van der Waals surface area contributed by atoms with Gasteiger partial charge < -0.3 is 19.1 Å². The highest BCUT2D eigenvalue weighted by Crippen LogP contribution is 2.47. The van der Waals surface area contributed by atoms with Crippen LogP contribution in [-0.2, 0) is 20.1 Å². The van der Waals surface area contributed by atoms with Gasteiger partial charge in [-0.25, -0.2) is 4.79 Å². The van der Waals surface area contributed by atoms with Crippen molar-refractivity contribution in [1.29, 1.82) is 0 Å². The molecule has 0 amide bonds. The average Bonchev–Trinajstić information content (AvgIpc) is 3.29. The van der Waals surface area contributed by atoms with Gasteiger partial charge in [-0.2, -0.15) is 0 Å². The van der Waals surface area contributed by atoms with Crippen molar-refractivity contribution in [2.75, 3.05) is 25.1 Å². The van der Waals surface area contributed by atoms with Crippen LogP contribution in [0.1, 0.15) is 41.3 Å². The number of rotatable bonds is 4. The lowest BCUT2D eigenvalue weighted by Crippen LogP contribution is -2.34. The number of carbonyl (C=O) groups excluding carboxylic acids is 2. The molecule has 0 aromatic heterocycles. The lowest BCUT2D eigenvalue weighted by atomic mass is 9.94. The predicted octanol–water partition coefficient (Wildman–Crippen LogP) is 3.23. The van der Waals surface area contributed by atoms with E-state index < -0.39 is 17.7 Å². The van der Waals surface area contributed by atoms with E-state index in [4.69, 9.17) is 14.2 Å². The maximum Gasteiger partial charge on any atom is 0.342 e. The van der Waals surface area contributed by atoms with Crippen LogP contribution in [0, 0.1) is 0 Å². The second-order valence-electron chi connectivity index (χ2n) is 6.72. The molecule has 2 aromatic carbocycles. The molecule has 0 aliphatic carbocycles. The SMILES string of the molecule is COc1cc(N2CCCC2)ccc1C1(OC(C)=O)OC(=O)c2ccccc21. The second-order valence-corrected chi connectivity index (χ2v) is 6.72. The van der Waals surface area contributed by atoms with Gasteiger partial charge in [0.25, 0.3) is 0 Å². The number of fused-ring (bicyclic) bond motifs is 1. The van der Waals surface area contributed by atoms with E-state index in [1.807, 2.05) is 18.2 Å². The predicted molar refractivity (Wildman–Crippen MR) is 98.8 cm³/mol. The zero-order valence-electron chi connectivity index (χ0n) is 15.4. The first-order valence-corrected chi connectivity index (χ1v) is 9.01. The minimum atomic E-state index is -1.64. The van der Waals surface area contributed by atoms with Crippen molar-refractivity contribution in [3.8, 4) is 5.75 Å². The fraction of sp³-hybridized carbons (Fsp3) is 0.333. The largest absolute Gasteiger partial charge is 0.496 e. The van der Waals surface area contributed by atoms with Gasteiger partial charge in [-0.3, -0.25) is 4.79 Å². The molecule has 0 saturated carbocycles. The van der Waals surface area contributed by atoms with Crippen molar-refractivity contribution >= 4 is 17.6 Å². The number of ether oxygens (including phenoxy) is 3. The Hall–Kier alpha value is -3.02. The van der Waals surface area contributed by atoms with Crippen LogP contribution >= 0.6 is 0 Å². The molecule has 2 heterocycles. The summed E-state index contributed by atoms with van der Waals surface area (Å²) < 4.78 is 16.9. The number of hydrogen-bond donors (Lipinski definition) is 0. The Labute approximate surface area is 157 Å². The summed E-state index contributed by atoms with van der Waals surface area (Å²) in [5.41, 5.74) is 2.40. The topological polar surface area (TPSA) is 65.1 Å². The normalized spacial score (nSPS) is 21.0. The maximum absolute atomic E-state index is 12.4. The summed E-state index contributed by atoms with van der Waals surface area (Å²) in [5.74, 6) is -2.22. The van der Waals surface area contributed by atoms with Crippen molar-refractivity contribution in [3.05, 3.63) is 59.2 Å². The molecule has 6 nitrogen and oxygen atoms in total. The third-order valence-corrected chi connectivity index (χ3v) is 5.04. The molecule has 140 valence electrons. The standard InChI is InChI=1S/C21H21NO5/c1-14(23)26-21(17-8-4-3-7-16(17)20(24)27-21)18-10-9-15(13-19(18)25-2)22-11-5-6-12-22/h3-4,7-10,13H,5-6,11-12H2,1-2H3. The van der Waals surface area contributed by atoms with Crippen LogP contribution in [-0.4, -0.2) is 32.1 Å². The number of anilines is 1. The van der Waals surface area contributed by atoms with Crippen molar-refractivity contribution in [3.63, 3.8) is 0 Å². The van der Waals surface area contributed by atoms with Gasteiger partial charge >= 0.3 is 17.7 Å². The number of nitrogens with zero attached hydrogens (tertiary/aromatic N) is 1. The number of cyclic esters (lactones) is 1. The van der Waals surface area contributed by atoms with E-state index in [1.165, 1.54) is 6.92 Å². The first-order chi connectivity index (χ1) is 13.0. The Balaban J connectivity index is 1.87. The minimum Gasteiger partial charge on any atom is -0.496 e. The highest BCUT2D eigenvalue weighted by atomic mass is 16.7. The van der Waals surface area contributed by atoms with Gasteiger partial charge in [0.2, 0.25) is 0 Å². The number of benzene rings is 2. The molecule has 4 rings (SSSR count). The van der Waals surface area contributed by atoms with E-state index in [1.54, 1.807) is 31.4 Å². The molecule has 6 heteroatoms. The summed E-state index contributed by atoms with van der Waals surface area (Å²) in [6.07, 6.45) is 2.32. The average molecular weight is 367 g/mol. The molecule has 0 bridgehead atoms. The van der Waals surface area contributed by atoms with Gasteiger partial charge in [-0.15, -0.1) is 0 Å². The number of esters is 2. The monoisotopic (exact) mass is 367 g/mol. The van der Waals surface area contributed by atoms with Gasteiger partial charge in [0.15, 0.2) is 0 Å². The highest BCUT2D eigenvalue weighted by Gasteiger charge is 2.52. The molecule has 1 fully saturated rings. The number of methoxy groups -OCH3 is 1. The zero-order chi connectivity index (χ0) is 19.0. The van der Waals surface area contributed by atoms with E-state index in [9.17, 15) is 9.59 Å². The van der Waals surface area contributed by atoms with Gasteiger partial charge in [-0.1, -0.05) is 12.1 Å². The molecule has 2 aliphatic rings. The first-order valence-electron chi connectivity index (χ1n) is 9.01. The van der Waals surface area contributed by atoms with Crippen LogP contribution in [0.4, 0.5) is 5.69 Å². The van der Waals surface area contributed by atoms with Crippen molar-refractivity contribution in [2.24, 2.45) is 0 Å². The fourth-order valence-corrected chi connectivity index (χ4v) is 3.85. The summed E-state index contributed by atoms with van der Waals surface area (Å²) in [6.45, 7) is 3.28. The van der Waals surface area contributed by atoms with E-state index in [-0.39, 0.29) is 0 Å². The zero-order valence-corrected chi connectivity index (χ0v) is 15.4. The smallest absolute Gasteiger partial charge is 0.342 e. The molecular weight excluding hydrogens is 346 g/mol. The lowest BCUT2D eigenvalue weighted by Gasteiger charge is -2.30. The summed E-state index contributed by atoms with van der Waals surface area (Å²) in [6, 6.07) is 12.6. The molecule has 2 aromatic rings. The van der Waals surface area contributed by atoms with E-state index >= 15 is 0 Å². The molecular formula is C21H21NO5. The molecule has 2 aliphatic heterocycles. The molecule has 1 atom stereocenters. The number of carbonyl (C=O) groups is 2. The first kappa shape index (κ1) is 17.4. The Kier molecular flexibility index (Phi) is 4.26. The summed E-state index contributed by atoms with van der Waals surface area (Å²) >= 11 is 0. The second kappa shape index (κ2) is 6.61. The van der Waals surface area contributed by atoms with Crippen molar-refractivity contribution in [1.82, 2.24) is 0 Å². The van der Waals surface area contributed by atoms with Crippen LogP contribution in [0.5, 0.6) is 5.75 Å². The molecule has 0 spiro atoms. The minimum absolute atomic E-state index is 0.379. The van der Waals surface area contributed by atoms with Crippen molar-refractivity contribution < 1.29 is 23.8 Å². The molecule has 27 heavy (non-hydrogen) atoms. The quantitative estimate of drug-likeness (QED) is 0.773. The number of hydrogen-bond acceptors (Lipinski definition) is 6. The Morgan fingerprint density at radius 2 is 1.85 bits per heavy atom. The third kappa shape index (κ3) is 2.81. The van der Waals surface area contributed by atoms with E-state index in [0.717, 1.165) is 31.6 Å². The van der Waals surface area contributed by atoms with Crippen molar-refractivity contribution in [2.45, 2.75) is 25.6 Å². The molecule has 1 unspecified atom stereocenters.